The number of rotatable bonds is 7. The maximum Gasteiger partial charge on any atom is 0.217 e. The van der Waals surface area contributed by atoms with Crippen molar-refractivity contribution in [2.75, 3.05) is 6.54 Å². The van der Waals surface area contributed by atoms with E-state index in [1.807, 2.05) is 24.3 Å². The quantitative estimate of drug-likeness (QED) is 0.764. The number of nitrogens with one attached hydrogen (secondary N) is 1. The van der Waals surface area contributed by atoms with Gasteiger partial charge in [-0.05, 0) is 25.0 Å². The minimum absolute atomic E-state index is 0.0951. The second kappa shape index (κ2) is 7.42. The van der Waals surface area contributed by atoms with Crippen molar-refractivity contribution in [3.8, 4) is 0 Å². The molecule has 0 aliphatic carbocycles. The number of fused-ring (bicyclic) bond motifs is 1. The van der Waals surface area contributed by atoms with E-state index in [9.17, 15) is 14.0 Å². The standard InChI is InChI=1S/C15H18FN3O2S/c1-9(20)18-12(7-6-10(16)8-17)14(21)15-19-11-4-2-3-5-13(11)22-15/h2-5,10,12H,6-8,17H2,1H3,(H,18,20)/t10-,12-/m0/s1. The van der Waals surface area contributed by atoms with E-state index in [1.165, 1.54) is 18.3 Å². The number of amides is 1. The highest BCUT2D eigenvalue weighted by Crippen LogP contribution is 2.23. The molecule has 3 N–H and O–H groups in total. The minimum atomic E-state index is -1.18. The Bertz CT molecular complexity index is 641. The van der Waals surface area contributed by atoms with Gasteiger partial charge in [0.15, 0.2) is 5.01 Å². The smallest absolute Gasteiger partial charge is 0.217 e. The number of carbonyl (C=O) groups excluding carboxylic acids is 2. The topological polar surface area (TPSA) is 85.1 Å². The maximum absolute atomic E-state index is 13.3. The molecule has 0 spiro atoms. The van der Waals surface area contributed by atoms with Gasteiger partial charge in [0, 0.05) is 13.5 Å². The number of ketones is 1. The van der Waals surface area contributed by atoms with Crippen LogP contribution in [-0.2, 0) is 4.79 Å². The van der Waals surface area contributed by atoms with E-state index >= 15 is 0 Å². The largest absolute Gasteiger partial charge is 0.346 e. The molecule has 0 aliphatic rings. The number of hydrogen-bond acceptors (Lipinski definition) is 5. The van der Waals surface area contributed by atoms with Crippen molar-refractivity contribution in [2.24, 2.45) is 5.73 Å². The molecule has 5 nitrogen and oxygen atoms in total. The Kier molecular flexibility index (Phi) is 5.57. The van der Waals surface area contributed by atoms with Crippen LogP contribution in [0.4, 0.5) is 4.39 Å². The van der Waals surface area contributed by atoms with Crippen LogP contribution in [0.15, 0.2) is 24.3 Å². The Hall–Kier alpha value is -1.86. The third-order valence-corrected chi connectivity index (χ3v) is 4.27. The minimum Gasteiger partial charge on any atom is -0.346 e. The van der Waals surface area contributed by atoms with Gasteiger partial charge >= 0.3 is 0 Å². The lowest BCUT2D eigenvalue weighted by Crippen LogP contribution is -2.40. The first kappa shape index (κ1) is 16.5. The van der Waals surface area contributed by atoms with Crippen molar-refractivity contribution in [2.45, 2.75) is 32.0 Å². The first-order chi connectivity index (χ1) is 10.5. The molecule has 0 saturated carbocycles. The number of thiazole rings is 1. The van der Waals surface area contributed by atoms with Gasteiger partial charge in [-0.1, -0.05) is 12.1 Å². The van der Waals surface area contributed by atoms with E-state index in [-0.39, 0.29) is 31.1 Å². The zero-order valence-electron chi connectivity index (χ0n) is 12.2. The molecule has 2 rings (SSSR count). The number of Topliss-reactive ketones (excluding diaryl/α,β-unsaturated/α-hetero) is 1. The molecule has 0 aliphatic heterocycles. The van der Waals surface area contributed by atoms with Crippen LogP contribution in [0.25, 0.3) is 10.2 Å². The summed E-state index contributed by atoms with van der Waals surface area (Å²) in [5, 5.41) is 2.89. The third-order valence-electron chi connectivity index (χ3n) is 3.22. The number of nitrogens with two attached hydrogens (primary N) is 1. The summed E-state index contributed by atoms with van der Waals surface area (Å²) < 4.78 is 14.2. The number of carbonyl (C=O) groups is 2. The first-order valence-electron chi connectivity index (χ1n) is 7.02. The van der Waals surface area contributed by atoms with E-state index < -0.39 is 12.2 Å². The highest BCUT2D eigenvalue weighted by atomic mass is 32.1. The van der Waals surface area contributed by atoms with E-state index in [2.05, 4.69) is 10.3 Å². The van der Waals surface area contributed by atoms with Crippen molar-refractivity contribution in [1.29, 1.82) is 0 Å². The molecule has 2 atom stereocenters. The predicted octanol–water partition coefficient (Wildman–Crippen LogP) is 2.06. The molecule has 1 amide bonds. The van der Waals surface area contributed by atoms with Crippen molar-refractivity contribution < 1.29 is 14.0 Å². The van der Waals surface area contributed by atoms with Crippen LogP contribution in [0.3, 0.4) is 0 Å². The number of hydrogen-bond donors (Lipinski definition) is 2. The van der Waals surface area contributed by atoms with Gasteiger partial charge in [0.25, 0.3) is 0 Å². The van der Waals surface area contributed by atoms with Gasteiger partial charge in [-0.15, -0.1) is 11.3 Å². The molecule has 1 aromatic heterocycles. The number of aromatic nitrogens is 1. The van der Waals surface area contributed by atoms with E-state index in [0.29, 0.717) is 5.01 Å². The fourth-order valence-corrected chi connectivity index (χ4v) is 3.07. The summed E-state index contributed by atoms with van der Waals surface area (Å²) >= 11 is 1.27. The van der Waals surface area contributed by atoms with Crippen molar-refractivity contribution in [3.63, 3.8) is 0 Å². The van der Waals surface area contributed by atoms with Gasteiger partial charge in [0.05, 0.1) is 16.3 Å². The van der Waals surface area contributed by atoms with Crippen LogP contribution in [-0.4, -0.2) is 35.4 Å². The maximum atomic E-state index is 13.3. The average molecular weight is 323 g/mol. The molecule has 0 bridgehead atoms. The Morgan fingerprint density at radius 1 is 1.36 bits per heavy atom. The van der Waals surface area contributed by atoms with Gasteiger partial charge in [-0.25, -0.2) is 9.37 Å². The molecule has 0 fully saturated rings. The van der Waals surface area contributed by atoms with Crippen LogP contribution in [0, 0.1) is 0 Å². The normalized spacial score (nSPS) is 13.8. The zero-order valence-corrected chi connectivity index (χ0v) is 13.0. The van der Waals surface area contributed by atoms with Gasteiger partial charge in [-0.2, -0.15) is 0 Å². The molecule has 0 radical (unpaired) electrons. The molecule has 1 aromatic carbocycles. The molecule has 0 saturated heterocycles. The summed E-state index contributed by atoms with van der Waals surface area (Å²) in [5.74, 6) is -0.622. The van der Waals surface area contributed by atoms with Gasteiger partial charge in [0.1, 0.15) is 6.17 Å². The monoisotopic (exact) mass is 323 g/mol. The number of nitrogens with zero attached hydrogens (tertiary/aromatic N) is 1. The fraction of sp³-hybridized carbons (Fsp3) is 0.400. The molecule has 118 valence electrons. The van der Waals surface area contributed by atoms with Crippen LogP contribution in [0.1, 0.15) is 29.6 Å². The second-order valence-corrected chi connectivity index (χ2v) is 6.05. The van der Waals surface area contributed by atoms with Gasteiger partial charge in [0.2, 0.25) is 11.7 Å². The molecule has 1 heterocycles. The summed E-state index contributed by atoms with van der Waals surface area (Å²) in [6.45, 7) is 1.23. The lowest BCUT2D eigenvalue weighted by Gasteiger charge is -2.16. The second-order valence-electron chi connectivity index (χ2n) is 5.01. The lowest BCUT2D eigenvalue weighted by molar-refractivity contribution is -0.119. The van der Waals surface area contributed by atoms with E-state index in [4.69, 9.17) is 5.73 Å². The Balaban J connectivity index is 2.17. The summed E-state index contributed by atoms with van der Waals surface area (Å²) in [6, 6.07) is 6.64. The van der Waals surface area contributed by atoms with Crippen LogP contribution in [0.2, 0.25) is 0 Å². The fourth-order valence-electron chi connectivity index (χ4n) is 2.11. The molecule has 7 heteroatoms. The number of alkyl halides is 1. The summed E-state index contributed by atoms with van der Waals surface area (Å²) in [7, 11) is 0. The Labute approximate surface area is 131 Å². The summed E-state index contributed by atoms with van der Waals surface area (Å²) in [4.78, 5) is 28.1. The zero-order chi connectivity index (χ0) is 16.1. The van der Waals surface area contributed by atoms with Gasteiger partial charge in [-0.3, -0.25) is 9.59 Å². The molecule has 2 aromatic rings. The van der Waals surface area contributed by atoms with Crippen LogP contribution in [0.5, 0.6) is 0 Å². The van der Waals surface area contributed by atoms with Crippen molar-refractivity contribution in [3.05, 3.63) is 29.3 Å². The van der Waals surface area contributed by atoms with Crippen molar-refractivity contribution >= 4 is 33.2 Å². The molecule has 0 unspecified atom stereocenters. The summed E-state index contributed by atoms with van der Waals surface area (Å²) in [5.41, 5.74) is 5.98. The third kappa shape index (κ3) is 4.08. The Morgan fingerprint density at radius 3 is 2.73 bits per heavy atom. The van der Waals surface area contributed by atoms with Crippen molar-refractivity contribution in [1.82, 2.24) is 10.3 Å². The van der Waals surface area contributed by atoms with E-state index in [1.54, 1.807) is 0 Å². The SMILES string of the molecule is CC(=O)N[C@@H](CC[C@H](F)CN)C(=O)c1nc2ccccc2s1. The van der Waals surface area contributed by atoms with E-state index in [0.717, 1.165) is 10.2 Å². The highest BCUT2D eigenvalue weighted by Gasteiger charge is 2.25. The predicted molar refractivity (Wildman–Crippen MR) is 84.7 cm³/mol. The summed E-state index contributed by atoms with van der Waals surface area (Å²) in [6.07, 6.45) is -0.857. The first-order valence-corrected chi connectivity index (χ1v) is 7.84. The Morgan fingerprint density at radius 2 is 2.09 bits per heavy atom. The van der Waals surface area contributed by atoms with Crippen LogP contribution >= 0.6 is 11.3 Å². The molecule has 22 heavy (non-hydrogen) atoms. The molecular weight excluding hydrogens is 305 g/mol. The average Bonchev–Trinajstić information content (AvgIpc) is 2.93. The highest BCUT2D eigenvalue weighted by molar-refractivity contribution is 7.20. The van der Waals surface area contributed by atoms with Gasteiger partial charge < -0.3 is 11.1 Å². The van der Waals surface area contributed by atoms with Crippen LogP contribution < -0.4 is 11.1 Å². The molecular formula is C15H18FN3O2S. The number of halogens is 1. The number of para-hydroxylation sites is 1. The lowest BCUT2D eigenvalue weighted by atomic mass is 10.0. The number of benzene rings is 1.